The normalized spacial score (nSPS) is 11.4. The fourth-order valence-corrected chi connectivity index (χ4v) is 2.42. The lowest BCUT2D eigenvalue weighted by Gasteiger charge is -2.13. The van der Waals surface area contributed by atoms with E-state index < -0.39 is 0 Å². The Morgan fingerprint density at radius 3 is 2.38 bits per heavy atom. The quantitative estimate of drug-likeness (QED) is 0.131. The first-order valence-corrected chi connectivity index (χ1v) is 8.78. The molecule has 16 heavy (non-hydrogen) atoms. The molecule has 94 valence electrons. The minimum Gasteiger partial charge on any atom is -0.463 e. The van der Waals surface area contributed by atoms with Crippen molar-refractivity contribution in [2.45, 2.75) is 39.6 Å². The highest BCUT2D eigenvalue weighted by molar-refractivity contribution is 14.2. The highest BCUT2D eigenvalue weighted by Gasteiger charge is 2.12. The van der Waals surface area contributed by atoms with Gasteiger partial charge in [0.1, 0.15) is 0 Å². The van der Waals surface area contributed by atoms with Gasteiger partial charge in [-0.25, -0.2) is 4.79 Å². The van der Waals surface area contributed by atoms with E-state index in [1.54, 1.807) is 0 Å². The Bertz CT molecular complexity index is 215. The van der Waals surface area contributed by atoms with Crippen LogP contribution in [0.25, 0.3) is 0 Å². The predicted molar refractivity (Wildman–Crippen MR) is 89.6 cm³/mol. The molecule has 5 heteroatoms. The Hall–Kier alpha value is 0.887. The van der Waals surface area contributed by atoms with Crippen molar-refractivity contribution >= 4 is 61.4 Å². The average Bonchev–Trinajstić information content (AvgIpc) is 2.20. The molecule has 2 nitrogen and oxygen atoms in total. The molecule has 0 aliphatic rings. The molecule has 0 rings (SSSR count). The Kier molecular flexibility index (Phi) is 10.4. The number of carbonyl (C=O) groups is 1. The number of hydrogen-bond acceptors (Lipinski definition) is 2. The molecule has 0 heterocycles. The van der Waals surface area contributed by atoms with Gasteiger partial charge in [0.25, 0.3) is 0 Å². The molecule has 0 aromatic carbocycles. The molecule has 0 aromatic rings. The summed E-state index contributed by atoms with van der Waals surface area (Å²) in [6.45, 7) is 3.89. The number of alkyl halides is 2. The number of carbonyl (C=O) groups excluding carboxylic acids is 1. The molecule has 0 spiro atoms. The monoisotopic (exact) mass is 466 g/mol. The van der Waals surface area contributed by atoms with Gasteiger partial charge in [-0.3, -0.25) is 0 Å². The van der Waals surface area contributed by atoms with Crippen LogP contribution in [0.15, 0.2) is 12.7 Å². The first-order chi connectivity index (χ1) is 7.45. The first kappa shape index (κ1) is 16.9. The summed E-state index contributed by atoms with van der Waals surface area (Å²) >= 11 is 5.09. The maximum atomic E-state index is 10.7. The maximum absolute atomic E-state index is 10.7. The fraction of sp³-hybridized carbons (Fsp3) is 0.727. The van der Waals surface area contributed by atoms with E-state index in [9.17, 15) is 4.79 Å². The van der Waals surface area contributed by atoms with E-state index in [0.29, 0.717) is 7.66 Å². The number of unbranched alkanes of at least 4 members (excludes halogenated alkanes) is 4. The third-order valence-corrected chi connectivity index (χ3v) is 3.75. The van der Waals surface area contributed by atoms with Crippen LogP contribution in [0.1, 0.15) is 38.5 Å². The number of esters is 1. The van der Waals surface area contributed by atoms with E-state index >= 15 is 0 Å². The number of halogens is 2. The standard InChI is InChI=1S/C11H20I2O2Si/c1-2-10(14)15-9-7-5-3-4-6-8-11(12,13)16/h2H,1,3-9H2,16H3. The van der Waals surface area contributed by atoms with Crippen LogP contribution in [0.2, 0.25) is 0 Å². The summed E-state index contributed by atoms with van der Waals surface area (Å²) in [5.41, 5.74) is 0. The van der Waals surface area contributed by atoms with Crippen LogP contribution in [-0.4, -0.2) is 23.9 Å². The van der Waals surface area contributed by atoms with Crippen LogP contribution in [0.3, 0.4) is 0 Å². The molecule has 0 bridgehead atoms. The van der Waals surface area contributed by atoms with Gasteiger partial charge in [-0.05, 0) is 12.8 Å². The summed E-state index contributed by atoms with van der Waals surface area (Å²) < 4.78 is 5.43. The molecule has 0 fully saturated rings. The summed E-state index contributed by atoms with van der Waals surface area (Å²) in [6.07, 6.45) is 8.53. The molecule has 0 aromatic heterocycles. The average molecular weight is 466 g/mol. The van der Waals surface area contributed by atoms with E-state index in [1.807, 2.05) is 0 Å². The molecule has 0 aliphatic carbocycles. The van der Waals surface area contributed by atoms with Gasteiger partial charge in [0.05, 0.1) is 7.66 Å². The van der Waals surface area contributed by atoms with E-state index in [-0.39, 0.29) is 5.97 Å². The SMILES string of the molecule is C=CC(=O)OCCCCCCCC([SiH3])(I)I. The van der Waals surface area contributed by atoms with Gasteiger partial charge < -0.3 is 4.74 Å². The molecule has 0 amide bonds. The van der Waals surface area contributed by atoms with E-state index in [0.717, 1.165) is 12.8 Å². The zero-order chi connectivity index (χ0) is 12.4. The first-order valence-electron chi connectivity index (χ1n) is 5.63. The molecule has 0 radical (unpaired) electrons. The maximum Gasteiger partial charge on any atom is 0.330 e. The Labute approximate surface area is 129 Å². The third-order valence-electron chi connectivity index (χ3n) is 2.17. The van der Waals surface area contributed by atoms with Gasteiger partial charge >= 0.3 is 5.97 Å². The van der Waals surface area contributed by atoms with Crippen molar-refractivity contribution in [2.75, 3.05) is 6.61 Å². The van der Waals surface area contributed by atoms with Crippen LogP contribution >= 0.6 is 45.2 Å². The van der Waals surface area contributed by atoms with Gasteiger partial charge in [-0.2, -0.15) is 0 Å². The van der Waals surface area contributed by atoms with Crippen molar-refractivity contribution in [3.8, 4) is 0 Å². The third kappa shape index (κ3) is 13.0. The van der Waals surface area contributed by atoms with Crippen molar-refractivity contribution in [1.82, 2.24) is 0 Å². The fourth-order valence-electron chi connectivity index (χ4n) is 1.30. The van der Waals surface area contributed by atoms with Crippen molar-refractivity contribution in [3.05, 3.63) is 12.7 Å². The lowest BCUT2D eigenvalue weighted by atomic mass is 10.1. The topological polar surface area (TPSA) is 26.3 Å². The second-order valence-corrected chi connectivity index (χ2v) is 16.6. The van der Waals surface area contributed by atoms with Crippen LogP contribution in [-0.2, 0) is 9.53 Å². The molecule has 0 saturated carbocycles. The molecule has 0 atom stereocenters. The number of hydrogen-bond donors (Lipinski definition) is 0. The van der Waals surface area contributed by atoms with Gasteiger partial charge in [0.2, 0.25) is 0 Å². The zero-order valence-electron chi connectivity index (χ0n) is 9.81. The van der Waals surface area contributed by atoms with Crippen LogP contribution in [0.5, 0.6) is 0 Å². The van der Waals surface area contributed by atoms with Crippen molar-refractivity contribution in [3.63, 3.8) is 0 Å². The Morgan fingerprint density at radius 1 is 1.25 bits per heavy atom. The molecule has 0 N–H and O–H groups in total. The smallest absolute Gasteiger partial charge is 0.330 e. The van der Waals surface area contributed by atoms with Gasteiger partial charge in [-0.1, -0.05) is 77.4 Å². The molecule has 0 unspecified atom stereocenters. The minimum absolute atomic E-state index is 0.310. The second-order valence-electron chi connectivity index (χ2n) is 3.96. The van der Waals surface area contributed by atoms with E-state index in [4.69, 9.17) is 4.74 Å². The number of rotatable bonds is 9. The van der Waals surface area contributed by atoms with Gasteiger partial charge in [0.15, 0.2) is 0 Å². The summed E-state index contributed by atoms with van der Waals surface area (Å²) in [6, 6.07) is 0. The highest BCUT2D eigenvalue weighted by atomic mass is 127. The summed E-state index contributed by atoms with van der Waals surface area (Å²) in [4.78, 5) is 10.7. The Balaban J connectivity index is 3.16. The van der Waals surface area contributed by atoms with Gasteiger partial charge in [0, 0.05) is 16.3 Å². The lowest BCUT2D eigenvalue weighted by molar-refractivity contribution is -0.137. The largest absolute Gasteiger partial charge is 0.463 e. The van der Waals surface area contributed by atoms with Crippen molar-refractivity contribution in [1.29, 1.82) is 0 Å². The van der Waals surface area contributed by atoms with Crippen LogP contribution < -0.4 is 0 Å². The van der Waals surface area contributed by atoms with Crippen molar-refractivity contribution < 1.29 is 9.53 Å². The van der Waals surface area contributed by atoms with E-state index in [2.05, 4.69) is 51.8 Å². The summed E-state index contributed by atoms with van der Waals surface area (Å²) in [5.74, 6) is -0.310. The summed E-state index contributed by atoms with van der Waals surface area (Å²) in [5, 5.41) is 0. The minimum atomic E-state index is -0.310. The van der Waals surface area contributed by atoms with Gasteiger partial charge in [-0.15, -0.1) is 0 Å². The summed E-state index contributed by atoms with van der Waals surface area (Å²) in [7, 11) is 1.25. The highest BCUT2D eigenvalue weighted by Crippen LogP contribution is 2.29. The molecular weight excluding hydrogens is 446 g/mol. The zero-order valence-corrected chi connectivity index (χ0v) is 16.1. The van der Waals surface area contributed by atoms with Crippen LogP contribution in [0.4, 0.5) is 0 Å². The lowest BCUT2D eigenvalue weighted by Crippen LogP contribution is -2.09. The Morgan fingerprint density at radius 2 is 1.81 bits per heavy atom. The second kappa shape index (κ2) is 9.87. The van der Waals surface area contributed by atoms with Crippen LogP contribution in [0, 0.1) is 0 Å². The molecular formula is C11H20I2O2Si. The number of ether oxygens (including phenoxy) is 1. The van der Waals surface area contributed by atoms with E-state index in [1.165, 1.54) is 42.0 Å². The predicted octanol–water partition coefficient (Wildman–Crippen LogP) is 2.95. The molecule has 0 saturated heterocycles. The van der Waals surface area contributed by atoms with Crippen molar-refractivity contribution in [2.24, 2.45) is 0 Å². The molecule has 0 aliphatic heterocycles.